The van der Waals surface area contributed by atoms with Gasteiger partial charge in [0.05, 0.1) is 0 Å². The summed E-state index contributed by atoms with van der Waals surface area (Å²) in [6.45, 7) is 15.1. The molecule has 26 heavy (non-hydrogen) atoms. The molecule has 0 radical (unpaired) electrons. The Hall–Kier alpha value is -2.15. The predicted octanol–water partition coefficient (Wildman–Crippen LogP) is 6.65. The van der Waals surface area contributed by atoms with Gasteiger partial charge in [-0.25, -0.2) is 0 Å². The highest BCUT2D eigenvalue weighted by Gasteiger charge is 2.15. The van der Waals surface area contributed by atoms with Crippen LogP contribution >= 0.6 is 0 Å². The molecule has 0 saturated heterocycles. The number of carbonyl (C=O) groups excluding carboxylic acids is 1. The molecule has 0 aliphatic carbocycles. The van der Waals surface area contributed by atoms with E-state index in [4.69, 9.17) is 0 Å². The van der Waals surface area contributed by atoms with Crippen molar-refractivity contribution in [2.24, 2.45) is 0 Å². The summed E-state index contributed by atoms with van der Waals surface area (Å²) in [4.78, 5) is 12.6. The Morgan fingerprint density at radius 1 is 0.769 bits per heavy atom. The number of Topliss-reactive ketones (excluding diaryl/α,β-unsaturated/α-hetero) is 1. The van der Waals surface area contributed by atoms with Crippen LogP contribution in [0.1, 0.15) is 75.5 Å². The second kappa shape index (κ2) is 7.61. The molecule has 0 atom stereocenters. The monoisotopic (exact) mass is 348 g/mol. The van der Waals surface area contributed by atoms with Gasteiger partial charge in [0.15, 0.2) is 5.78 Å². The lowest BCUT2D eigenvalue weighted by Gasteiger charge is -2.19. The van der Waals surface area contributed by atoms with Crippen LogP contribution in [0.4, 0.5) is 0 Å². The molecule has 0 saturated carbocycles. The molecule has 0 aromatic heterocycles. The van der Waals surface area contributed by atoms with E-state index in [0.717, 1.165) is 17.6 Å². The Balaban J connectivity index is 2.08. The summed E-state index contributed by atoms with van der Waals surface area (Å²) in [6, 6.07) is 16.7. The quantitative estimate of drug-likeness (QED) is 0.446. The Morgan fingerprint density at radius 2 is 1.19 bits per heavy atom. The zero-order chi connectivity index (χ0) is 19.5. The summed E-state index contributed by atoms with van der Waals surface area (Å²) < 4.78 is 0. The van der Waals surface area contributed by atoms with E-state index in [-0.39, 0.29) is 16.6 Å². The smallest absolute Gasteiger partial charge is 0.188 e. The summed E-state index contributed by atoms with van der Waals surface area (Å²) >= 11 is 0. The third kappa shape index (κ3) is 5.17. The van der Waals surface area contributed by atoms with Crippen molar-refractivity contribution < 1.29 is 4.79 Å². The second-order valence-electron chi connectivity index (χ2n) is 9.19. The minimum Gasteiger partial charge on any atom is -0.289 e. The van der Waals surface area contributed by atoms with Gasteiger partial charge >= 0.3 is 0 Å². The lowest BCUT2D eigenvalue weighted by atomic mass is 9.86. The maximum atomic E-state index is 12.6. The first-order valence-electron chi connectivity index (χ1n) is 9.40. The van der Waals surface area contributed by atoms with Crippen LogP contribution in [0.2, 0.25) is 0 Å². The van der Waals surface area contributed by atoms with Crippen molar-refractivity contribution in [3.63, 3.8) is 0 Å². The fraction of sp³-hybridized carbons (Fsp3) is 0.400. The molecule has 0 fully saturated rings. The van der Waals surface area contributed by atoms with E-state index in [9.17, 15) is 4.79 Å². The Labute approximate surface area is 159 Å². The third-order valence-electron chi connectivity index (χ3n) is 4.84. The van der Waals surface area contributed by atoms with Crippen LogP contribution in [0.25, 0.3) is 0 Å². The van der Waals surface area contributed by atoms with Gasteiger partial charge in [0.2, 0.25) is 0 Å². The minimum absolute atomic E-state index is 0.103. The highest BCUT2D eigenvalue weighted by molar-refractivity contribution is 6.08. The van der Waals surface area contributed by atoms with Crippen LogP contribution in [0.5, 0.6) is 0 Å². The van der Waals surface area contributed by atoms with Crippen molar-refractivity contribution in [2.75, 3.05) is 0 Å². The maximum absolute atomic E-state index is 12.6. The van der Waals surface area contributed by atoms with E-state index in [2.05, 4.69) is 77.9 Å². The van der Waals surface area contributed by atoms with Gasteiger partial charge in [0.25, 0.3) is 0 Å². The van der Waals surface area contributed by atoms with Crippen molar-refractivity contribution >= 4 is 5.78 Å². The number of benzene rings is 2. The molecule has 0 amide bonds. The first-order chi connectivity index (χ1) is 12.0. The largest absolute Gasteiger partial charge is 0.289 e. The highest BCUT2D eigenvalue weighted by Crippen LogP contribution is 2.24. The molecule has 0 heterocycles. The van der Waals surface area contributed by atoms with Gasteiger partial charge in [-0.05, 0) is 46.4 Å². The van der Waals surface area contributed by atoms with Gasteiger partial charge in [-0.15, -0.1) is 0 Å². The van der Waals surface area contributed by atoms with Crippen LogP contribution in [0, 0.1) is 0 Å². The molecule has 0 spiro atoms. The van der Waals surface area contributed by atoms with Crippen molar-refractivity contribution in [3.8, 4) is 0 Å². The van der Waals surface area contributed by atoms with Gasteiger partial charge in [-0.2, -0.15) is 0 Å². The van der Waals surface area contributed by atoms with E-state index in [0.29, 0.717) is 0 Å². The summed E-state index contributed by atoms with van der Waals surface area (Å²) in [5, 5.41) is 0. The molecule has 0 aliphatic heterocycles. The number of hydrogen-bond donors (Lipinski definition) is 0. The molecule has 0 unspecified atom stereocenters. The molecule has 0 aliphatic rings. The average Bonchev–Trinajstić information content (AvgIpc) is 2.58. The Bertz CT molecular complexity index is 776. The molecule has 0 bridgehead atoms. The number of carbonyl (C=O) groups is 1. The maximum Gasteiger partial charge on any atom is 0.188 e. The van der Waals surface area contributed by atoms with E-state index in [1.54, 1.807) is 0 Å². The van der Waals surface area contributed by atoms with Gasteiger partial charge in [0.1, 0.15) is 0 Å². The third-order valence-corrected chi connectivity index (χ3v) is 4.84. The van der Waals surface area contributed by atoms with Crippen molar-refractivity contribution in [1.29, 1.82) is 0 Å². The van der Waals surface area contributed by atoms with Gasteiger partial charge in [-0.1, -0.05) is 96.1 Å². The number of ketones is 1. The Morgan fingerprint density at radius 3 is 1.62 bits per heavy atom. The van der Waals surface area contributed by atoms with E-state index >= 15 is 0 Å². The zero-order valence-corrected chi connectivity index (χ0v) is 17.3. The molecular formula is C25H32O. The molecule has 138 valence electrons. The average molecular weight is 349 g/mol. The van der Waals surface area contributed by atoms with Crippen molar-refractivity contribution in [2.45, 2.75) is 65.7 Å². The fourth-order valence-corrected chi connectivity index (χ4v) is 2.85. The predicted molar refractivity (Wildman–Crippen MR) is 112 cm³/mol. The summed E-state index contributed by atoms with van der Waals surface area (Å²) in [6.07, 6.45) is 2.81. The fourth-order valence-electron chi connectivity index (χ4n) is 2.85. The van der Waals surface area contributed by atoms with E-state index in [1.807, 2.05) is 25.1 Å². The number of rotatable bonds is 4. The normalized spacial score (nSPS) is 13.0. The van der Waals surface area contributed by atoms with Crippen LogP contribution in [-0.2, 0) is 17.3 Å². The molecule has 1 heteroatoms. The first kappa shape index (κ1) is 20.2. The van der Waals surface area contributed by atoms with Gasteiger partial charge < -0.3 is 0 Å². The number of hydrogen-bond acceptors (Lipinski definition) is 1. The topological polar surface area (TPSA) is 17.1 Å². The van der Waals surface area contributed by atoms with Crippen LogP contribution in [0.15, 0.2) is 60.2 Å². The Kier molecular flexibility index (Phi) is 5.91. The summed E-state index contributed by atoms with van der Waals surface area (Å²) in [7, 11) is 0. The second-order valence-corrected chi connectivity index (χ2v) is 9.19. The lowest BCUT2D eigenvalue weighted by Crippen LogP contribution is -2.11. The lowest BCUT2D eigenvalue weighted by molar-refractivity contribution is 0.103. The molecule has 0 N–H and O–H groups in total. The van der Waals surface area contributed by atoms with Crippen LogP contribution in [-0.4, -0.2) is 5.78 Å². The van der Waals surface area contributed by atoms with Gasteiger partial charge in [0, 0.05) is 5.56 Å². The molecule has 2 aromatic carbocycles. The minimum atomic E-state index is 0.103. The van der Waals surface area contributed by atoms with E-state index in [1.165, 1.54) is 16.7 Å². The van der Waals surface area contributed by atoms with Crippen LogP contribution < -0.4 is 0 Å². The zero-order valence-electron chi connectivity index (χ0n) is 17.3. The van der Waals surface area contributed by atoms with E-state index < -0.39 is 0 Å². The van der Waals surface area contributed by atoms with Crippen molar-refractivity contribution in [3.05, 3.63) is 82.4 Å². The molecule has 1 nitrogen and oxygen atoms in total. The summed E-state index contributed by atoms with van der Waals surface area (Å²) in [5.41, 5.74) is 5.63. The highest BCUT2D eigenvalue weighted by atomic mass is 16.1. The molecule has 2 rings (SSSR count). The van der Waals surface area contributed by atoms with Crippen LogP contribution in [0.3, 0.4) is 0 Å². The van der Waals surface area contributed by atoms with Crippen molar-refractivity contribution in [1.82, 2.24) is 0 Å². The first-order valence-corrected chi connectivity index (χ1v) is 9.40. The standard InChI is InChI=1S/C25H32O/c1-18(8-9-19-10-14-21(15-11-19)24(2,3)4)23(26)20-12-16-22(17-13-20)25(5,6)7/h8,10-17H,9H2,1-7H3/b18-8+. The summed E-state index contributed by atoms with van der Waals surface area (Å²) in [5.74, 6) is 0.108. The number of allylic oxidation sites excluding steroid dienone is 2. The molecular weight excluding hydrogens is 316 g/mol. The SMILES string of the molecule is C/C(=C\Cc1ccc(C(C)(C)C)cc1)C(=O)c1ccc(C(C)(C)C)cc1. The molecule has 2 aromatic rings. The van der Waals surface area contributed by atoms with Gasteiger partial charge in [-0.3, -0.25) is 4.79 Å².